The molecule has 2 rings (SSSR count). The molecule has 0 N–H and O–H groups in total. The highest BCUT2D eigenvalue weighted by Crippen LogP contribution is 2.14. The standard InChI is InChI=1S/C13H9NO/c1-2-4-13(15)11-6-7-12-10(9-11)5-3-8-14-12/h1,3,5-9H,4H2. The number of hydrogen-bond donors (Lipinski definition) is 0. The third-order valence-corrected chi connectivity index (χ3v) is 2.19. The molecular formula is C13H9NO. The number of ketones is 1. The Bertz CT molecular complexity index is 552. The SMILES string of the molecule is C#CCC(=O)c1ccc2ncccc2c1. The van der Waals surface area contributed by atoms with Crippen LogP contribution in [0.1, 0.15) is 16.8 Å². The number of carbonyl (C=O) groups is 1. The van der Waals surface area contributed by atoms with E-state index in [1.54, 1.807) is 12.3 Å². The molecule has 0 saturated carbocycles. The molecule has 0 atom stereocenters. The van der Waals surface area contributed by atoms with Crippen LogP contribution in [0, 0.1) is 12.3 Å². The van der Waals surface area contributed by atoms with E-state index in [9.17, 15) is 4.79 Å². The molecule has 0 spiro atoms. The second kappa shape index (κ2) is 3.93. The lowest BCUT2D eigenvalue weighted by atomic mass is 10.1. The van der Waals surface area contributed by atoms with Crippen molar-refractivity contribution >= 4 is 16.7 Å². The van der Waals surface area contributed by atoms with Crippen molar-refractivity contribution in [2.75, 3.05) is 0 Å². The fraction of sp³-hybridized carbons (Fsp3) is 0.0769. The van der Waals surface area contributed by atoms with Gasteiger partial charge in [-0.25, -0.2) is 0 Å². The first-order chi connectivity index (χ1) is 7.31. The predicted molar refractivity (Wildman–Crippen MR) is 59.5 cm³/mol. The Morgan fingerprint density at radius 3 is 3.07 bits per heavy atom. The van der Waals surface area contributed by atoms with Crippen molar-refractivity contribution in [2.45, 2.75) is 6.42 Å². The summed E-state index contributed by atoms with van der Waals surface area (Å²) in [5.41, 5.74) is 1.53. The molecule has 0 amide bonds. The van der Waals surface area contributed by atoms with Gasteiger partial charge in [-0.3, -0.25) is 9.78 Å². The number of Topliss-reactive ketones (excluding diaryl/α,β-unsaturated/α-hetero) is 1. The Kier molecular flexibility index (Phi) is 2.47. The van der Waals surface area contributed by atoms with Gasteiger partial charge in [0.25, 0.3) is 0 Å². The molecule has 2 aromatic rings. The van der Waals surface area contributed by atoms with Gasteiger partial charge in [-0.1, -0.05) is 12.0 Å². The van der Waals surface area contributed by atoms with Crippen molar-refractivity contribution in [1.82, 2.24) is 4.98 Å². The van der Waals surface area contributed by atoms with Crippen LogP contribution in [-0.2, 0) is 0 Å². The maximum Gasteiger partial charge on any atom is 0.174 e. The fourth-order valence-corrected chi connectivity index (χ4v) is 1.44. The predicted octanol–water partition coefficient (Wildman–Crippen LogP) is 2.44. The van der Waals surface area contributed by atoms with Gasteiger partial charge in [0.15, 0.2) is 5.78 Å². The van der Waals surface area contributed by atoms with Gasteiger partial charge in [0, 0.05) is 17.1 Å². The fourth-order valence-electron chi connectivity index (χ4n) is 1.44. The molecule has 0 fully saturated rings. The van der Waals surface area contributed by atoms with Crippen LogP contribution in [0.2, 0.25) is 0 Å². The molecule has 15 heavy (non-hydrogen) atoms. The lowest BCUT2D eigenvalue weighted by Gasteiger charge is -1.99. The third kappa shape index (κ3) is 1.87. The highest BCUT2D eigenvalue weighted by molar-refractivity contribution is 6.00. The minimum Gasteiger partial charge on any atom is -0.293 e. The number of pyridine rings is 1. The molecule has 0 aliphatic carbocycles. The summed E-state index contributed by atoms with van der Waals surface area (Å²) in [4.78, 5) is 15.7. The molecule has 1 aromatic heterocycles. The molecule has 2 nitrogen and oxygen atoms in total. The van der Waals surface area contributed by atoms with Gasteiger partial charge in [0.2, 0.25) is 0 Å². The van der Waals surface area contributed by atoms with Crippen molar-refractivity contribution in [3.05, 3.63) is 42.1 Å². The van der Waals surface area contributed by atoms with Crippen LogP contribution >= 0.6 is 0 Å². The van der Waals surface area contributed by atoms with E-state index in [1.165, 1.54) is 0 Å². The Morgan fingerprint density at radius 1 is 1.40 bits per heavy atom. The monoisotopic (exact) mass is 195 g/mol. The summed E-state index contributed by atoms with van der Waals surface area (Å²) in [6.07, 6.45) is 6.97. The van der Waals surface area contributed by atoms with Gasteiger partial charge in [-0.05, 0) is 24.3 Å². The molecule has 1 heterocycles. The van der Waals surface area contributed by atoms with E-state index in [1.807, 2.05) is 24.3 Å². The Morgan fingerprint density at radius 2 is 2.27 bits per heavy atom. The van der Waals surface area contributed by atoms with Gasteiger partial charge in [0.05, 0.1) is 11.9 Å². The molecule has 0 saturated heterocycles. The highest BCUT2D eigenvalue weighted by Gasteiger charge is 2.04. The smallest absolute Gasteiger partial charge is 0.174 e. The molecular weight excluding hydrogens is 186 g/mol. The zero-order valence-corrected chi connectivity index (χ0v) is 8.10. The van der Waals surface area contributed by atoms with E-state index >= 15 is 0 Å². The molecule has 0 radical (unpaired) electrons. The third-order valence-electron chi connectivity index (χ3n) is 2.19. The lowest BCUT2D eigenvalue weighted by Crippen LogP contribution is -1.96. The van der Waals surface area contributed by atoms with Crippen LogP contribution in [0.5, 0.6) is 0 Å². The average Bonchev–Trinajstić information content (AvgIpc) is 2.29. The second-order valence-corrected chi connectivity index (χ2v) is 3.21. The van der Waals surface area contributed by atoms with E-state index in [0.717, 1.165) is 10.9 Å². The molecule has 0 unspecified atom stereocenters. The number of terminal acetylenes is 1. The Hall–Kier alpha value is -2.14. The van der Waals surface area contributed by atoms with Crippen molar-refractivity contribution < 1.29 is 4.79 Å². The minimum atomic E-state index is -0.0248. The Balaban J connectivity index is 2.48. The van der Waals surface area contributed by atoms with Gasteiger partial charge in [-0.15, -0.1) is 6.42 Å². The van der Waals surface area contributed by atoms with Gasteiger partial charge < -0.3 is 0 Å². The molecule has 2 heteroatoms. The average molecular weight is 195 g/mol. The largest absolute Gasteiger partial charge is 0.293 e. The van der Waals surface area contributed by atoms with Crippen LogP contribution in [0.3, 0.4) is 0 Å². The van der Waals surface area contributed by atoms with Crippen molar-refractivity contribution in [3.8, 4) is 12.3 Å². The first-order valence-corrected chi connectivity index (χ1v) is 4.63. The van der Waals surface area contributed by atoms with Gasteiger partial charge >= 0.3 is 0 Å². The first-order valence-electron chi connectivity index (χ1n) is 4.63. The second-order valence-electron chi connectivity index (χ2n) is 3.21. The maximum atomic E-state index is 11.5. The molecule has 72 valence electrons. The van der Waals surface area contributed by atoms with Gasteiger partial charge in [-0.2, -0.15) is 0 Å². The Labute approximate surface area is 88.0 Å². The molecule has 0 aliphatic heterocycles. The number of nitrogens with zero attached hydrogens (tertiary/aromatic N) is 1. The van der Waals surface area contributed by atoms with Crippen molar-refractivity contribution in [3.63, 3.8) is 0 Å². The summed E-state index contributed by atoms with van der Waals surface area (Å²) in [5.74, 6) is 2.32. The van der Waals surface area contributed by atoms with E-state index < -0.39 is 0 Å². The zero-order valence-electron chi connectivity index (χ0n) is 8.10. The van der Waals surface area contributed by atoms with Crippen LogP contribution < -0.4 is 0 Å². The minimum absolute atomic E-state index is 0.0248. The van der Waals surface area contributed by atoms with E-state index in [0.29, 0.717) is 5.56 Å². The number of hydrogen-bond acceptors (Lipinski definition) is 2. The van der Waals surface area contributed by atoms with Crippen LogP contribution in [0.4, 0.5) is 0 Å². The summed E-state index contributed by atoms with van der Waals surface area (Å²) in [5, 5.41) is 0.959. The molecule has 1 aromatic carbocycles. The van der Waals surface area contributed by atoms with E-state index in [-0.39, 0.29) is 12.2 Å². The summed E-state index contributed by atoms with van der Waals surface area (Å²) in [6, 6.07) is 9.18. The summed E-state index contributed by atoms with van der Waals surface area (Å²) in [6.45, 7) is 0. The number of fused-ring (bicyclic) bond motifs is 1. The summed E-state index contributed by atoms with van der Waals surface area (Å²) in [7, 11) is 0. The quantitative estimate of drug-likeness (QED) is 0.544. The maximum absolute atomic E-state index is 11.5. The first kappa shape index (κ1) is 9.42. The van der Waals surface area contributed by atoms with E-state index in [2.05, 4.69) is 10.9 Å². The van der Waals surface area contributed by atoms with Gasteiger partial charge in [0.1, 0.15) is 0 Å². The van der Waals surface area contributed by atoms with E-state index in [4.69, 9.17) is 6.42 Å². The molecule has 0 bridgehead atoms. The summed E-state index contributed by atoms with van der Waals surface area (Å²) >= 11 is 0. The number of rotatable bonds is 2. The van der Waals surface area contributed by atoms with Crippen LogP contribution in [-0.4, -0.2) is 10.8 Å². The normalized spacial score (nSPS) is 9.80. The number of aromatic nitrogens is 1. The zero-order chi connectivity index (χ0) is 10.7. The number of benzene rings is 1. The van der Waals surface area contributed by atoms with Crippen molar-refractivity contribution in [1.29, 1.82) is 0 Å². The molecule has 0 aliphatic rings. The van der Waals surface area contributed by atoms with Crippen LogP contribution in [0.15, 0.2) is 36.5 Å². The van der Waals surface area contributed by atoms with Crippen LogP contribution in [0.25, 0.3) is 10.9 Å². The highest BCUT2D eigenvalue weighted by atomic mass is 16.1. The topological polar surface area (TPSA) is 30.0 Å². The lowest BCUT2D eigenvalue weighted by molar-refractivity contribution is 0.0998. The number of carbonyl (C=O) groups excluding carboxylic acids is 1. The summed E-state index contributed by atoms with van der Waals surface area (Å²) < 4.78 is 0. The van der Waals surface area contributed by atoms with Crippen molar-refractivity contribution in [2.24, 2.45) is 0 Å².